The van der Waals surface area contributed by atoms with Gasteiger partial charge in [-0.05, 0) is 53.1 Å². The number of hydrogen-bond donors (Lipinski definition) is 2. The molecule has 3 N–H and O–H groups in total. The molecular formula is C10H14INO. The van der Waals surface area contributed by atoms with Crippen molar-refractivity contribution in [3.63, 3.8) is 0 Å². The van der Waals surface area contributed by atoms with Gasteiger partial charge in [-0.25, -0.2) is 0 Å². The van der Waals surface area contributed by atoms with E-state index >= 15 is 0 Å². The van der Waals surface area contributed by atoms with Crippen LogP contribution in [0, 0.1) is 3.57 Å². The molecule has 1 aromatic rings. The summed E-state index contributed by atoms with van der Waals surface area (Å²) in [5, 5.41) is 8.65. The molecule has 0 amide bonds. The van der Waals surface area contributed by atoms with Gasteiger partial charge in [-0.3, -0.25) is 0 Å². The third-order valence-electron chi connectivity index (χ3n) is 1.97. The zero-order valence-corrected chi connectivity index (χ0v) is 9.57. The molecule has 2 nitrogen and oxygen atoms in total. The van der Waals surface area contributed by atoms with Crippen molar-refractivity contribution >= 4 is 22.6 Å². The molecule has 0 saturated heterocycles. The van der Waals surface area contributed by atoms with E-state index in [1.807, 2.05) is 12.1 Å². The Morgan fingerprint density at radius 3 is 2.46 bits per heavy atom. The third-order valence-corrected chi connectivity index (χ3v) is 2.69. The summed E-state index contributed by atoms with van der Waals surface area (Å²) in [4.78, 5) is 0. The average Bonchev–Trinajstić information content (AvgIpc) is 2.15. The second-order valence-electron chi connectivity index (χ2n) is 3.02. The van der Waals surface area contributed by atoms with Gasteiger partial charge in [-0.2, -0.15) is 0 Å². The lowest BCUT2D eigenvalue weighted by molar-refractivity contribution is 0.280. The second-order valence-corrected chi connectivity index (χ2v) is 4.27. The molecule has 0 aromatic heterocycles. The van der Waals surface area contributed by atoms with Crippen LogP contribution in [-0.2, 0) is 0 Å². The Bertz CT molecular complexity index is 248. The topological polar surface area (TPSA) is 46.2 Å². The summed E-state index contributed by atoms with van der Waals surface area (Å²) in [5.74, 6) is 0. The first-order valence-corrected chi connectivity index (χ1v) is 5.44. The summed E-state index contributed by atoms with van der Waals surface area (Å²) in [5.41, 5.74) is 7.06. The van der Waals surface area contributed by atoms with E-state index < -0.39 is 0 Å². The van der Waals surface area contributed by atoms with Crippen LogP contribution in [-0.4, -0.2) is 11.7 Å². The Balaban J connectivity index is 2.55. The molecule has 0 spiro atoms. The standard InChI is InChI=1S/C10H14INO/c11-9-5-3-8(4-6-9)10(12)2-1-7-13/h3-6,10,13H,1-2,7,12H2/t10-/m1/s1. The first-order valence-electron chi connectivity index (χ1n) is 4.36. The van der Waals surface area contributed by atoms with E-state index in [1.54, 1.807) is 0 Å². The minimum absolute atomic E-state index is 0.0594. The first kappa shape index (κ1) is 10.9. The predicted octanol–water partition coefficient (Wildman–Crippen LogP) is 2.06. The van der Waals surface area contributed by atoms with Gasteiger partial charge in [0.15, 0.2) is 0 Å². The summed E-state index contributed by atoms with van der Waals surface area (Å²) >= 11 is 2.27. The van der Waals surface area contributed by atoms with Crippen LogP contribution < -0.4 is 5.73 Å². The van der Waals surface area contributed by atoms with Crippen LogP contribution in [0.1, 0.15) is 24.4 Å². The number of nitrogens with two attached hydrogens (primary N) is 1. The number of benzene rings is 1. The Labute approximate surface area is 92.3 Å². The average molecular weight is 291 g/mol. The fraction of sp³-hybridized carbons (Fsp3) is 0.400. The fourth-order valence-corrected chi connectivity index (χ4v) is 1.55. The van der Waals surface area contributed by atoms with Crippen molar-refractivity contribution in [2.45, 2.75) is 18.9 Å². The van der Waals surface area contributed by atoms with Crippen molar-refractivity contribution in [3.8, 4) is 0 Å². The Kier molecular flexibility index (Phi) is 4.69. The summed E-state index contributed by atoms with van der Waals surface area (Å²) in [6, 6.07) is 8.25. The molecule has 0 fully saturated rings. The second kappa shape index (κ2) is 5.57. The van der Waals surface area contributed by atoms with Gasteiger partial charge in [0.25, 0.3) is 0 Å². The van der Waals surface area contributed by atoms with Crippen LogP contribution in [0.5, 0.6) is 0 Å². The van der Waals surface area contributed by atoms with Gasteiger partial charge in [0.2, 0.25) is 0 Å². The summed E-state index contributed by atoms with van der Waals surface area (Å²) in [6.45, 7) is 0.220. The lowest BCUT2D eigenvalue weighted by Gasteiger charge is -2.10. The molecule has 1 aromatic carbocycles. The van der Waals surface area contributed by atoms with Crippen LogP contribution in [0.25, 0.3) is 0 Å². The number of rotatable bonds is 4. The highest BCUT2D eigenvalue weighted by Gasteiger charge is 2.04. The van der Waals surface area contributed by atoms with E-state index in [0.717, 1.165) is 18.4 Å². The maximum Gasteiger partial charge on any atom is 0.0431 e. The molecule has 0 aliphatic carbocycles. The highest BCUT2D eigenvalue weighted by molar-refractivity contribution is 14.1. The van der Waals surface area contributed by atoms with E-state index in [0.29, 0.717) is 0 Å². The number of halogens is 1. The van der Waals surface area contributed by atoms with E-state index in [4.69, 9.17) is 10.8 Å². The highest BCUT2D eigenvalue weighted by atomic mass is 127. The molecule has 72 valence electrons. The smallest absolute Gasteiger partial charge is 0.0431 e. The number of aliphatic hydroxyl groups is 1. The SMILES string of the molecule is N[C@H](CCCO)c1ccc(I)cc1. The molecule has 0 aliphatic heterocycles. The van der Waals surface area contributed by atoms with Crippen molar-refractivity contribution < 1.29 is 5.11 Å². The van der Waals surface area contributed by atoms with Gasteiger partial charge in [0, 0.05) is 16.2 Å². The molecule has 3 heteroatoms. The third kappa shape index (κ3) is 3.62. The van der Waals surface area contributed by atoms with E-state index in [-0.39, 0.29) is 12.6 Å². The highest BCUT2D eigenvalue weighted by Crippen LogP contribution is 2.16. The van der Waals surface area contributed by atoms with Crippen LogP contribution in [0.3, 0.4) is 0 Å². The molecule has 0 unspecified atom stereocenters. The summed E-state index contributed by atoms with van der Waals surface area (Å²) in [7, 11) is 0. The number of hydrogen-bond acceptors (Lipinski definition) is 2. The molecule has 0 heterocycles. The largest absolute Gasteiger partial charge is 0.396 e. The molecule has 13 heavy (non-hydrogen) atoms. The lowest BCUT2D eigenvalue weighted by atomic mass is 10.0. The van der Waals surface area contributed by atoms with Crippen molar-refractivity contribution in [2.24, 2.45) is 5.73 Å². The molecule has 1 atom stereocenters. The normalized spacial score (nSPS) is 12.8. The minimum Gasteiger partial charge on any atom is -0.396 e. The fourth-order valence-electron chi connectivity index (χ4n) is 1.19. The van der Waals surface area contributed by atoms with Crippen LogP contribution >= 0.6 is 22.6 Å². The van der Waals surface area contributed by atoms with Gasteiger partial charge >= 0.3 is 0 Å². The zero-order chi connectivity index (χ0) is 9.68. The lowest BCUT2D eigenvalue weighted by Crippen LogP contribution is -2.10. The van der Waals surface area contributed by atoms with Crippen molar-refractivity contribution in [2.75, 3.05) is 6.61 Å². The zero-order valence-electron chi connectivity index (χ0n) is 7.41. The molecule has 0 aliphatic rings. The first-order chi connectivity index (χ1) is 6.24. The summed E-state index contributed by atoms with van der Waals surface area (Å²) < 4.78 is 1.22. The van der Waals surface area contributed by atoms with Gasteiger partial charge < -0.3 is 10.8 Å². The molecule has 1 rings (SSSR count). The van der Waals surface area contributed by atoms with Crippen LogP contribution in [0.4, 0.5) is 0 Å². The quantitative estimate of drug-likeness (QED) is 0.834. The molecule has 0 saturated carbocycles. The Morgan fingerprint density at radius 2 is 1.92 bits per heavy atom. The van der Waals surface area contributed by atoms with E-state index in [2.05, 4.69) is 34.7 Å². The van der Waals surface area contributed by atoms with Gasteiger partial charge in [0.1, 0.15) is 0 Å². The summed E-state index contributed by atoms with van der Waals surface area (Å²) in [6.07, 6.45) is 1.62. The minimum atomic E-state index is 0.0594. The molecular weight excluding hydrogens is 277 g/mol. The molecule has 0 bridgehead atoms. The van der Waals surface area contributed by atoms with Crippen LogP contribution in [0.15, 0.2) is 24.3 Å². The van der Waals surface area contributed by atoms with E-state index in [1.165, 1.54) is 3.57 Å². The van der Waals surface area contributed by atoms with Gasteiger partial charge in [-0.15, -0.1) is 0 Å². The monoisotopic (exact) mass is 291 g/mol. The Hall–Kier alpha value is -0.130. The van der Waals surface area contributed by atoms with Gasteiger partial charge in [-0.1, -0.05) is 12.1 Å². The Morgan fingerprint density at radius 1 is 1.31 bits per heavy atom. The van der Waals surface area contributed by atoms with Crippen molar-refractivity contribution in [1.82, 2.24) is 0 Å². The predicted molar refractivity (Wildman–Crippen MR) is 62.4 cm³/mol. The number of aliphatic hydroxyl groups excluding tert-OH is 1. The van der Waals surface area contributed by atoms with Crippen molar-refractivity contribution in [3.05, 3.63) is 33.4 Å². The van der Waals surface area contributed by atoms with E-state index in [9.17, 15) is 0 Å². The maximum absolute atomic E-state index is 8.65. The van der Waals surface area contributed by atoms with Gasteiger partial charge in [0.05, 0.1) is 0 Å². The van der Waals surface area contributed by atoms with Crippen LogP contribution in [0.2, 0.25) is 0 Å². The van der Waals surface area contributed by atoms with Crippen molar-refractivity contribution in [1.29, 1.82) is 0 Å². The maximum atomic E-state index is 8.65. The molecule has 0 radical (unpaired) electrons.